The highest BCUT2D eigenvalue weighted by molar-refractivity contribution is 7.80. The molecule has 22 heavy (non-hydrogen) atoms. The Morgan fingerprint density at radius 2 is 1.86 bits per heavy atom. The molecule has 2 atom stereocenters. The summed E-state index contributed by atoms with van der Waals surface area (Å²) in [7, 11) is 3.18. The van der Waals surface area contributed by atoms with Gasteiger partial charge in [0.2, 0.25) is 0 Å². The van der Waals surface area contributed by atoms with Gasteiger partial charge in [-0.05, 0) is 31.0 Å². The van der Waals surface area contributed by atoms with Gasteiger partial charge in [0.05, 0.1) is 24.9 Å². The molecule has 1 aromatic carbocycles. The fourth-order valence-electron chi connectivity index (χ4n) is 2.82. The monoisotopic (exact) mass is 342 g/mol. The SMILES string of the molecule is COc1cc(NC(=S)N[C@@H]2CCCC[C@@H]2C)c(OC)cc1Cl. The highest BCUT2D eigenvalue weighted by Gasteiger charge is 2.22. The van der Waals surface area contributed by atoms with Crippen molar-refractivity contribution in [2.24, 2.45) is 5.92 Å². The van der Waals surface area contributed by atoms with E-state index in [1.165, 1.54) is 19.3 Å². The first-order valence-electron chi connectivity index (χ1n) is 7.54. The molecular weight excluding hydrogens is 320 g/mol. The number of hydrogen-bond donors (Lipinski definition) is 2. The zero-order valence-corrected chi connectivity index (χ0v) is 14.8. The zero-order chi connectivity index (χ0) is 16.1. The molecule has 6 heteroatoms. The summed E-state index contributed by atoms with van der Waals surface area (Å²) in [5.41, 5.74) is 0.740. The number of halogens is 1. The molecule has 0 aliphatic heterocycles. The van der Waals surface area contributed by atoms with E-state index in [1.807, 2.05) is 0 Å². The first-order valence-corrected chi connectivity index (χ1v) is 8.32. The van der Waals surface area contributed by atoms with E-state index < -0.39 is 0 Å². The van der Waals surface area contributed by atoms with Crippen molar-refractivity contribution in [1.82, 2.24) is 5.32 Å². The van der Waals surface area contributed by atoms with Crippen LogP contribution in [0.5, 0.6) is 11.5 Å². The highest BCUT2D eigenvalue weighted by atomic mass is 35.5. The van der Waals surface area contributed by atoms with E-state index in [2.05, 4.69) is 17.6 Å². The summed E-state index contributed by atoms with van der Waals surface area (Å²) >= 11 is 11.5. The third-order valence-corrected chi connectivity index (χ3v) is 4.67. The first-order chi connectivity index (χ1) is 10.5. The maximum absolute atomic E-state index is 6.11. The van der Waals surface area contributed by atoms with Crippen molar-refractivity contribution >= 4 is 34.6 Å². The number of benzene rings is 1. The van der Waals surface area contributed by atoms with Crippen LogP contribution in [0.3, 0.4) is 0 Å². The number of rotatable bonds is 4. The molecule has 0 unspecified atom stereocenters. The molecular formula is C16H23ClN2O2S. The van der Waals surface area contributed by atoms with Crippen LogP contribution < -0.4 is 20.1 Å². The van der Waals surface area contributed by atoms with Gasteiger partial charge in [0, 0.05) is 18.2 Å². The van der Waals surface area contributed by atoms with Crippen LogP contribution in [0, 0.1) is 5.92 Å². The molecule has 0 heterocycles. The smallest absolute Gasteiger partial charge is 0.171 e. The van der Waals surface area contributed by atoms with Crippen LogP contribution in [-0.2, 0) is 0 Å². The molecule has 0 saturated heterocycles. The molecule has 2 rings (SSSR count). The standard InChI is InChI=1S/C16H23ClN2O2S/c1-10-6-4-5-7-12(10)18-16(22)19-13-9-14(20-2)11(17)8-15(13)21-3/h8-10,12H,4-7H2,1-3H3,(H2,18,19,22)/t10-,12+/m0/s1. The van der Waals surface area contributed by atoms with Gasteiger partial charge in [-0.1, -0.05) is 31.4 Å². The molecule has 0 spiro atoms. The molecule has 0 amide bonds. The molecule has 0 bridgehead atoms. The van der Waals surface area contributed by atoms with Gasteiger partial charge in [-0.3, -0.25) is 0 Å². The third-order valence-electron chi connectivity index (χ3n) is 4.15. The minimum Gasteiger partial charge on any atom is -0.495 e. The van der Waals surface area contributed by atoms with Crippen LogP contribution in [0.4, 0.5) is 5.69 Å². The number of anilines is 1. The van der Waals surface area contributed by atoms with E-state index in [4.69, 9.17) is 33.3 Å². The van der Waals surface area contributed by atoms with Crippen LogP contribution in [0.1, 0.15) is 32.6 Å². The summed E-state index contributed by atoms with van der Waals surface area (Å²) in [5, 5.41) is 7.70. The van der Waals surface area contributed by atoms with E-state index in [0.29, 0.717) is 33.6 Å². The van der Waals surface area contributed by atoms with Crippen LogP contribution >= 0.6 is 23.8 Å². The molecule has 1 aliphatic carbocycles. The van der Waals surface area contributed by atoms with Crippen molar-refractivity contribution in [3.63, 3.8) is 0 Å². The minimum atomic E-state index is 0.425. The lowest BCUT2D eigenvalue weighted by Gasteiger charge is -2.30. The second-order valence-corrected chi connectivity index (χ2v) is 6.47. The van der Waals surface area contributed by atoms with Crippen molar-refractivity contribution in [1.29, 1.82) is 0 Å². The lowest BCUT2D eigenvalue weighted by Crippen LogP contribution is -2.43. The van der Waals surface area contributed by atoms with Crippen LogP contribution in [0.15, 0.2) is 12.1 Å². The number of nitrogens with one attached hydrogen (secondary N) is 2. The molecule has 2 N–H and O–H groups in total. The van der Waals surface area contributed by atoms with Crippen molar-refractivity contribution in [2.45, 2.75) is 38.6 Å². The highest BCUT2D eigenvalue weighted by Crippen LogP contribution is 2.36. The third kappa shape index (κ3) is 4.17. The Kier molecular flexibility index (Phi) is 6.15. The van der Waals surface area contributed by atoms with Gasteiger partial charge in [-0.25, -0.2) is 0 Å². The lowest BCUT2D eigenvalue weighted by atomic mass is 9.86. The second-order valence-electron chi connectivity index (χ2n) is 5.65. The second kappa shape index (κ2) is 7.88. The van der Waals surface area contributed by atoms with E-state index in [0.717, 1.165) is 12.1 Å². The Morgan fingerprint density at radius 3 is 2.50 bits per heavy atom. The lowest BCUT2D eigenvalue weighted by molar-refractivity contribution is 0.309. The Labute approximate surface area is 142 Å². The van der Waals surface area contributed by atoms with Crippen molar-refractivity contribution < 1.29 is 9.47 Å². The minimum absolute atomic E-state index is 0.425. The Hall–Kier alpha value is -1.20. The predicted octanol–water partition coefficient (Wildman–Crippen LogP) is 4.22. The quantitative estimate of drug-likeness (QED) is 0.802. The predicted molar refractivity (Wildman–Crippen MR) is 95.3 cm³/mol. The van der Waals surface area contributed by atoms with Crippen LogP contribution in [0.25, 0.3) is 0 Å². The van der Waals surface area contributed by atoms with Gasteiger partial charge in [0.15, 0.2) is 5.11 Å². The molecule has 1 fully saturated rings. The fraction of sp³-hybridized carbons (Fsp3) is 0.562. The Bertz CT molecular complexity index is 539. The van der Waals surface area contributed by atoms with Gasteiger partial charge in [0.1, 0.15) is 11.5 Å². The number of hydrogen-bond acceptors (Lipinski definition) is 3. The van der Waals surface area contributed by atoms with Crippen molar-refractivity contribution in [3.05, 3.63) is 17.2 Å². The molecule has 0 aromatic heterocycles. The van der Waals surface area contributed by atoms with E-state index in [-0.39, 0.29) is 0 Å². The summed E-state index contributed by atoms with van der Waals surface area (Å²) in [5.74, 6) is 1.85. The van der Waals surface area contributed by atoms with Gasteiger partial charge in [-0.2, -0.15) is 0 Å². The maximum atomic E-state index is 6.11. The van der Waals surface area contributed by atoms with Crippen molar-refractivity contribution in [2.75, 3.05) is 19.5 Å². The molecule has 122 valence electrons. The molecule has 4 nitrogen and oxygen atoms in total. The summed E-state index contributed by atoms with van der Waals surface area (Å²) < 4.78 is 10.6. The maximum Gasteiger partial charge on any atom is 0.171 e. The summed E-state index contributed by atoms with van der Waals surface area (Å²) in [6, 6.07) is 3.93. The number of methoxy groups -OCH3 is 2. The fourth-order valence-corrected chi connectivity index (χ4v) is 3.31. The van der Waals surface area contributed by atoms with Gasteiger partial charge < -0.3 is 20.1 Å². The largest absolute Gasteiger partial charge is 0.495 e. The average molecular weight is 343 g/mol. The molecule has 1 aliphatic rings. The first kappa shape index (κ1) is 17.2. The topological polar surface area (TPSA) is 42.5 Å². The van der Waals surface area contributed by atoms with Gasteiger partial charge in [0.25, 0.3) is 0 Å². The van der Waals surface area contributed by atoms with Crippen molar-refractivity contribution in [3.8, 4) is 11.5 Å². The van der Waals surface area contributed by atoms with E-state index in [1.54, 1.807) is 26.4 Å². The summed E-state index contributed by atoms with van der Waals surface area (Å²) in [4.78, 5) is 0. The molecule has 1 aromatic rings. The zero-order valence-electron chi connectivity index (χ0n) is 13.2. The molecule has 0 radical (unpaired) electrons. The Balaban J connectivity index is 2.07. The average Bonchev–Trinajstić information content (AvgIpc) is 2.50. The van der Waals surface area contributed by atoms with Crippen LogP contribution in [-0.4, -0.2) is 25.4 Å². The van der Waals surface area contributed by atoms with E-state index >= 15 is 0 Å². The van der Waals surface area contributed by atoms with Crippen LogP contribution in [0.2, 0.25) is 5.02 Å². The van der Waals surface area contributed by atoms with E-state index in [9.17, 15) is 0 Å². The summed E-state index contributed by atoms with van der Waals surface area (Å²) in [6.07, 6.45) is 4.97. The molecule has 1 saturated carbocycles. The van der Waals surface area contributed by atoms with Gasteiger partial charge >= 0.3 is 0 Å². The number of thiocarbonyl (C=S) groups is 1. The number of ether oxygens (including phenoxy) is 2. The summed E-state index contributed by atoms with van der Waals surface area (Å²) in [6.45, 7) is 2.27. The van der Waals surface area contributed by atoms with Gasteiger partial charge in [-0.15, -0.1) is 0 Å². The Morgan fingerprint density at radius 1 is 1.18 bits per heavy atom. The normalized spacial score (nSPS) is 21.1.